The fraction of sp³-hybridized carbons (Fsp3) is 0.182. The van der Waals surface area contributed by atoms with Crippen LogP contribution in [0, 0.1) is 11.8 Å². The van der Waals surface area contributed by atoms with Gasteiger partial charge in [-0.25, -0.2) is 0 Å². The molecule has 2 rings (SSSR count). The average molecular weight is 170 g/mol. The molecule has 0 radical (unpaired) electrons. The molecule has 2 nitrogen and oxygen atoms in total. The second-order valence-electron chi connectivity index (χ2n) is 2.83. The summed E-state index contributed by atoms with van der Waals surface area (Å²) in [7, 11) is 0. The van der Waals surface area contributed by atoms with E-state index in [9.17, 15) is 0 Å². The predicted octanol–water partition coefficient (Wildman–Crippen LogP) is 2.32. The van der Waals surface area contributed by atoms with Crippen LogP contribution < -0.4 is 0 Å². The number of aromatic nitrogens is 2. The number of hydrogen-bond acceptors (Lipinski definition) is 1. The lowest BCUT2D eigenvalue weighted by molar-refractivity contribution is 1.12. The van der Waals surface area contributed by atoms with Crippen molar-refractivity contribution in [1.29, 1.82) is 0 Å². The molecule has 2 heteroatoms. The van der Waals surface area contributed by atoms with Gasteiger partial charge in [0.25, 0.3) is 0 Å². The van der Waals surface area contributed by atoms with Crippen LogP contribution in [0.3, 0.4) is 0 Å². The van der Waals surface area contributed by atoms with Gasteiger partial charge in [0, 0.05) is 17.4 Å². The molecule has 1 aromatic carbocycles. The molecule has 0 spiro atoms. The standard InChI is InChI=1S/C11H10N2/c1-2-3-4-9-5-6-10-8-12-13-11(10)7-9/h5-8H,2H2,1H3,(H,12,13). The minimum Gasteiger partial charge on any atom is -0.278 e. The zero-order chi connectivity index (χ0) is 9.10. The fourth-order valence-corrected chi connectivity index (χ4v) is 1.21. The lowest BCUT2D eigenvalue weighted by atomic mass is 10.2. The number of benzene rings is 1. The van der Waals surface area contributed by atoms with E-state index >= 15 is 0 Å². The van der Waals surface area contributed by atoms with Gasteiger partial charge in [0.2, 0.25) is 0 Å². The van der Waals surface area contributed by atoms with E-state index in [0.29, 0.717) is 0 Å². The third kappa shape index (κ3) is 1.54. The topological polar surface area (TPSA) is 28.7 Å². The van der Waals surface area contributed by atoms with Crippen LogP contribution in [0.5, 0.6) is 0 Å². The van der Waals surface area contributed by atoms with Crippen LogP contribution in [-0.2, 0) is 0 Å². The zero-order valence-electron chi connectivity index (χ0n) is 7.46. The van der Waals surface area contributed by atoms with Crippen molar-refractivity contribution in [1.82, 2.24) is 10.2 Å². The molecule has 13 heavy (non-hydrogen) atoms. The molecule has 0 unspecified atom stereocenters. The van der Waals surface area contributed by atoms with Crippen molar-refractivity contribution in [2.24, 2.45) is 0 Å². The monoisotopic (exact) mass is 170 g/mol. The largest absolute Gasteiger partial charge is 0.278 e. The summed E-state index contributed by atoms with van der Waals surface area (Å²) in [6, 6.07) is 6.06. The summed E-state index contributed by atoms with van der Waals surface area (Å²) in [5.41, 5.74) is 2.08. The van der Waals surface area contributed by atoms with Crippen molar-refractivity contribution >= 4 is 10.9 Å². The number of hydrogen-bond donors (Lipinski definition) is 1. The zero-order valence-corrected chi connectivity index (χ0v) is 7.46. The van der Waals surface area contributed by atoms with Crippen molar-refractivity contribution in [2.45, 2.75) is 13.3 Å². The number of rotatable bonds is 0. The van der Waals surface area contributed by atoms with Crippen LogP contribution in [0.2, 0.25) is 0 Å². The average Bonchev–Trinajstić information content (AvgIpc) is 2.61. The minimum absolute atomic E-state index is 0.890. The highest BCUT2D eigenvalue weighted by molar-refractivity contribution is 5.79. The van der Waals surface area contributed by atoms with Gasteiger partial charge in [-0.1, -0.05) is 18.8 Å². The van der Waals surface area contributed by atoms with E-state index in [1.54, 1.807) is 0 Å². The molecule has 64 valence electrons. The Labute approximate surface area is 77.0 Å². The van der Waals surface area contributed by atoms with E-state index in [1.165, 1.54) is 0 Å². The maximum Gasteiger partial charge on any atom is 0.0662 e. The van der Waals surface area contributed by atoms with Crippen molar-refractivity contribution in [3.63, 3.8) is 0 Å². The molecule has 0 fully saturated rings. The molecule has 0 aliphatic heterocycles. The van der Waals surface area contributed by atoms with Crippen LogP contribution in [0.25, 0.3) is 10.9 Å². The molecule has 1 heterocycles. The summed E-state index contributed by atoms with van der Waals surface area (Å²) in [5, 5.41) is 7.99. The molecule has 1 aromatic heterocycles. The summed E-state index contributed by atoms with van der Waals surface area (Å²) in [5.74, 6) is 6.12. The summed E-state index contributed by atoms with van der Waals surface area (Å²) >= 11 is 0. The summed E-state index contributed by atoms with van der Waals surface area (Å²) in [6.07, 6.45) is 2.70. The molecule has 0 atom stereocenters. The normalized spacial score (nSPS) is 9.62. The molecule has 2 aromatic rings. The lowest BCUT2D eigenvalue weighted by Gasteiger charge is -1.89. The van der Waals surface area contributed by atoms with Gasteiger partial charge in [-0.15, -0.1) is 0 Å². The predicted molar refractivity (Wildman–Crippen MR) is 53.3 cm³/mol. The van der Waals surface area contributed by atoms with E-state index < -0.39 is 0 Å². The van der Waals surface area contributed by atoms with Crippen LogP contribution in [0.15, 0.2) is 24.4 Å². The summed E-state index contributed by atoms with van der Waals surface area (Å²) in [4.78, 5) is 0. The Bertz CT molecular complexity index is 471. The molecular weight excluding hydrogens is 160 g/mol. The van der Waals surface area contributed by atoms with E-state index in [1.807, 2.05) is 31.3 Å². The number of H-pyrrole nitrogens is 1. The Kier molecular flexibility index (Phi) is 2.01. The van der Waals surface area contributed by atoms with Crippen LogP contribution in [0.4, 0.5) is 0 Å². The number of fused-ring (bicyclic) bond motifs is 1. The molecule has 0 bridgehead atoms. The Morgan fingerprint density at radius 2 is 2.38 bits per heavy atom. The van der Waals surface area contributed by atoms with Crippen molar-refractivity contribution in [2.75, 3.05) is 0 Å². The molecule has 0 aliphatic carbocycles. The minimum atomic E-state index is 0.890. The van der Waals surface area contributed by atoms with Crippen molar-refractivity contribution < 1.29 is 0 Å². The Balaban J connectivity index is 2.48. The fourth-order valence-electron chi connectivity index (χ4n) is 1.21. The highest BCUT2D eigenvalue weighted by Crippen LogP contribution is 2.11. The molecule has 0 saturated carbocycles. The molecule has 0 amide bonds. The van der Waals surface area contributed by atoms with Crippen molar-refractivity contribution in [3.8, 4) is 11.8 Å². The van der Waals surface area contributed by atoms with Gasteiger partial charge >= 0.3 is 0 Å². The van der Waals surface area contributed by atoms with Gasteiger partial charge in [-0.2, -0.15) is 5.10 Å². The smallest absolute Gasteiger partial charge is 0.0662 e. The van der Waals surface area contributed by atoms with Crippen LogP contribution in [0.1, 0.15) is 18.9 Å². The number of nitrogens with zero attached hydrogens (tertiary/aromatic N) is 1. The van der Waals surface area contributed by atoms with Crippen LogP contribution in [-0.4, -0.2) is 10.2 Å². The molecule has 0 saturated heterocycles. The molecular formula is C11H10N2. The van der Waals surface area contributed by atoms with Gasteiger partial charge in [-0.3, -0.25) is 5.10 Å². The van der Waals surface area contributed by atoms with E-state index in [0.717, 1.165) is 22.9 Å². The summed E-state index contributed by atoms with van der Waals surface area (Å²) in [6.45, 7) is 2.04. The highest BCUT2D eigenvalue weighted by atomic mass is 15.1. The molecule has 0 aliphatic rings. The second kappa shape index (κ2) is 3.32. The molecule has 1 N–H and O–H groups in total. The SMILES string of the molecule is CCC#Cc1ccc2cn[nH]c2c1. The van der Waals surface area contributed by atoms with E-state index in [2.05, 4.69) is 22.0 Å². The second-order valence-corrected chi connectivity index (χ2v) is 2.83. The maximum absolute atomic E-state index is 3.95. The van der Waals surface area contributed by atoms with Gasteiger partial charge in [-0.05, 0) is 18.2 Å². The summed E-state index contributed by atoms with van der Waals surface area (Å²) < 4.78 is 0. The first-order chi connectivity index (χ1) is 6.40. The van der Waals surface area contributed by atoms with Gasteiger partial charge in [0.1, 0.15) is 0 Å². The quantitative estimate of drug-likeness (QED) is 0.604. The first-order valence-electron chi connectivity index (χ1n) is 4.32. The highest BCUT2D eigenvalue weighted by Gasteiger charge is 1.94. The third-order valence-electron chi connectivity index (χ3n) is 1.85. The number of nitrogens with one attached hydrogen (secondary N) is 1. The third-order valence-corrected chi connectivity index (χ3v) is 1.85. The number of aromatic amines is 1. The first kappa shape index (κ1) is 7.88. The first-order valence-corrected chi connectivity index (χ1v) is 4.32. The van der Waals surface area contributed by atoms with E-state index in [-0.39, 0.29) is 0 Å². The lowest BCUT2D eigenvalue weighted by Crippen LogP contribution is -1.74. The Hall–Kier alpha value is -1.75. The van der Waals surface area contributed by atoms with Gasteiger partial charge in [0.05, 0.1) is 11.7 Å². The van der Waals surface area contributed by atoms with Gasteiger partial charge in [0.15, 0.2) is 0 Å². The Morgan fingerprint density at radius 3 is 3.23 bits per heavy atom. The van der Waals surface area contributed by atoms with Crippen LogP contribution >= 0.6 is 0 Å². The maximum atomic E-state index is 3.95. The Morgan fingerprint density at radius 1 is 1.46 bits per heavy atom. The van der Waals surface area contributed by atoms with E-state index in [4.69, 9.17) is 0 Å². The van der Waals surface area contributed by atoms with Gasteiger partial charge < -0.3 is 0 Å². The van der Waals surface area contributed by atoms with Crippen molar-refractivity contribution in [3.05, 3.63) is 30.0 Å².